The van der Waals surface area contributed by atoms with E-state index in [-0.39, 0.29) is 0 Å². The quantitative estimate of drug-likeness (QED) is 0.678. The van der Waals surface area contributed by atoms with E-state index >= 15 is 0 Å². The average Bonchev–Trinajstić information content (AvgIpc) is 2.90. The Morgan fingerprint density at radius 1 is 0.895 bits per heavy atom. The van der Waals surface area contributed by atoms with Crippen molar-refractivity contribution in [2.45, 2.75) is 12.5 Å². The molecule has 2 heterocycles. The first-order valence-corrected chi connectivity index (χ1v) is 6.81. The van der Waals surface area contributed by atoms with Crippen LogP contribution in [-0.2, 0) is 6.42 Å². The summed E-state index contributed by atoms with van der Waals surface area (Å²) in [6, 6.07) is 17.6. The van der Waals surface area contributed by atoms with Gasteiger partial charge < -0.3 is 10.3 Å². The van der Waals surface area contributed by atoms with Crippen LogP contribution in [-0.4, -0.2) is 11.5 Å². The third-order valence-electron chi connectivity index (χ3n) is 4.04. The molecule has 0 radical (unpaired) electrons. The van der Waals surface area contributed by atoms with Crippen molar-refractivity contribution < 1.29 is 0 Å². The fourth-order valence-corrected chi connectivity index (χ4v) is 3.11. The fraction of sp³-hybridized carbons (Fsp3) is 0.176. The highest BCUT2D eigenvalue weighted by Crippen LogP contribution is 2.32. The van der Waals surface area contributed by atoms with Crippen LogP contribution >= 0.6 is 0 Å². The molecule has 0 aliphatic carbocycles. The molecule has 3 aromatic rings. The number of nitrogens with one attached hydrogen (secondary N) is 2. The van der Waals surface area contributed by atoms with Crippen molar-refractivity contribution in [3.8, 4) is 0 Å². The highest BCUT2D eigenvalue weighted by molar-refractivity contribution is 5.84. The SMILES string of the molecule is c1ccc2c(c1)CCN[C@H]2c1c[nH]c2ccccc12. The summed E-state index contributed by atoms with van der Waals surface area (Å²) in [4.78, 5) is 3.38. The molecule has 0 fully saturated rings. The zero-order valence-corrected chi connectivity index (χ0v) is 10.7. The van der Waals surface area contributed by atoms with Crippen LogP contribution in [0.2, 0.25) is 0 Å². The van der Waals surface area contributed by atoms with Crippen molar-refractivity contribution in [2.24, 2.45) is 0 Å². The number of rotatable bonds is 1. The van der Waals surface area contributed by atoms with E-state index in [1.54, 1.807) is 0 Å². The van der Waals surface area contributed by atoms with Gasteiger partial charge in [0.25, 0.3) is 0 Å². The first kappa shape index (κ1) is 10.8. The first-order valence-electron chi connectivity index (χ1n) is 6.81. The van der Waals surface area contributed by atoms with Gasteiger partial charge in [0.05, 0.1) is 6.04 Å². The summed E-state index contributed by atoms with van der Waals surface area (Å²) in [7, 11) is 0. The monoisotopic (exact) mass is 248 g/mol. The molecule has 4 rings (SSSR count). The van der Waals surface area contributed by atoms with Gasteiger partial charge in [-0.05, 0) is 29.2 Å². The van der Waals surface area contributed by atoms with Gasteiger partial charge in [-0.2, -0.15) is 0 Å². The lowest BCUT2D eigenvalue weighted by atomic mass is 9.90. The molecule has 1 aromatic heterocycles. The number of hydrogen-bond acceptors (Lipinski definition) is 1. The summed E-state index contributed by atoms with van der Waals surface area (Å²) in [5.41, 5.74) is 5.44. The third kappa shape index (κ3) is 1.68. The number of hydrogen-bond donors (Lipinski definition) is 2. The third-order valence-corrected chi connectivity index (χ3v) is 4.04. The topological polar surface area (TPSA) is 27.8 Å². The van der Waals surface area contributed by atoms with Crippen LogP contribution < -0.4 is 5.32 Å². The summed E-state index contributed by atoms with van der Waals surface area (Å²) < 4.78 is 0. The van der Waals surface area contributed by atoms with Crippen LogP contribution in [0, 0.1) is 0 Å². The molecule has 0 saturated heterocycles. The van der Waals surface area contributed by atoms with E-state index in [9.17, 15) is 0 Å². The lowest BCUT2D eigenvalue weighted by Crippen LogP contribution is -2.30. The number of aromatic nitrogens is 1. The molecule has 0 saturated carbocycles. The summed E-state index contributed by atoms with van der Waals surface area (Å²) in [6.45, 7) is 1.04. The Kier molecular flexibility index (Phi) is 2.42. The van der Waals surface area contributed by atoms with Crippen LogP contribution in [0.15, 0.2) is 54.7 Å². The summed E-state index contributed by atoms with van der Waals surface area (Å²) in [5, 5.41) is 4.97. The molecule has 2 N–H and O–H groups in total. The van der Waals surface area contributed by atoms with Crippen molar-refractivity contribution >= 4 is 10.9 Å². The molecule has 0 spiro atoms. The first-order chi connectivity index (χ1) is 9.43. The average molecular weight is 248 g/mol. The van der Waals surface area contributed by atoms with E-state index in [4.69, 9.17) is 0 Å². The van der Waals surface area contributed by atoms with Gasteiger partial charge in [0.1, 0.15) is 0 Å². The van der Waals surface area contributed by atoms with Crippen molar-refractivity contribution in [3.63, 3.8) is 0 Å². The van der Waals surface area contributed by atoms with Crippen LogP contribution in [0.3, 0.4) is 0 Å². The molecule has 94 valence electrons. The molecule has 1 aliphatic heterocycles. The van der Waals surface area contributed by atoms with Crippen LogP contribution in [0.1, 0.15) is 22.7 Å². The normalized spacial score (nSPS) is 18.4. The Bertz CT molecular complexity index is 727. The molecule has 2 nitrogen and oxygen atoms in total. The second-order valence-electron chi connectivity index (χ2n) is 5.13. The highest BCUT2D eigenvalue weighted by Gasteiger charge is 2.22. The minimum Gasteiger partial charge on any atom is -0.361 e. The smallest absolute Gasteiger partial charge is 0.0600 e. The van der Waals surface area contributed by atoms with Gasteiger partial charge in [0, 0.05) is 23.6 Å². The number of para-hydroxylation sites is 1. The van der Waals surface area contributed by atoms with Gasteiger partial charge in [-0.25, -0.2) is 0 Å². The van der Waals surface area contributed by atoms with Crippen LogP contribution in [0.4, 0.5) is 0 Å². The van der Waals surface area contributed by atoms with E-state index < -0.39 is 0 Å². The zero-order chi connectivity index (χ0) is 12.7. The standard InChI is InChI=1S/C17H16N2/c1-2-6-13-12(5-1)9-10-18-17(13)15-11-19-16-8-4-3-7-14(15)16/h1-8,11,17-19H,9-10H2/t17-/m1/s1. The molecule has 0 amide bonds. The largest absolute Gasteiger partial charge is 0.361 e. The molecule has 2 aromatic carbocycles. The molecule has 2 heteroatoms. The number of H-pyrrole nitrogens is 1. The molecule has 0 unspecified atom stereocenters. The fourth-order valence-electron chi connectivity index (χ4n) is 3.11. The second kappa shape index (κ2) is 4.25. The van der Waals surface area contributed by atoms with Crippen molar-refractivity contribution in [1.82, 2.24) is 10.3 Å². The van der Waals surface area contributed by atoms with Gasteiger partial charge in [-0.3, -0.25) is 0 Å². The summed E-state index contributed by atoms with van der Waals surface area (Å²) in [6.07, 6.45) is 3.26. The van der Waals surface area contributed by atoms with Crippen LogP contribution in [0.5, 0.6) is 0 Å². The maximum Gasteiger partial charge on any atom is 0.0600 e. The molecular formula is C17H16N2. The van der Waals surface area contributed by atoms with E-state index in [0.29, 0.717) is 6.04 Å². The Hall–Kier alpha value is -2.06. The predicted molar refractivity (Wildman–Crippen MR) is 78.3 cm³/mol. The summed E-state index contributed by atoms with van der Waals surface area (Å²) in [5.74, 6) is 0. The highest BCUT2D eigenvalue weighted by atomic mass is 14.9. The van der Waals surface area contributed by atoms with Gasteiger partial charge >= 0.3 is 0 Å². The lowest BCUT2D eigenvalue weighted by molar-refractivity contribution is 0.570. The number of fused-ring (bicyclic) bond motifs is 2. The van der Waals surface area contributed by atoms with Crippen molar-refractivity contribution in [3.05, 3.63) is 71.4 Å². The Morgan fingerprint density at radius 3 is 2.74 bits per heavy atom. The van der Waals surface area contributed by atoms with Crippen LogP contribution in [0.25, 0.3) is 10.9 Å². The Balaban J connectivity index is 1.90. The van der Waals surface area contributed by atoms with E-state index in [2.05, 4.69) is 65.0 Å². The summed E-state index contributed by atoms with van der Waals surface area (Å²) >= 11 is 0. The molecule has 19 heavy (non-hydrogen) atoms. The minimum atomic E-state index is 0.307. The van der Waals surface area contributed by atoms with Gasteiger partial charge in [0.2, 0.25) is 0 Å². The number of aromatic amines is 1. The van der Waals surface area contributed by atoms with Gasteiger partial charge in [0.15, 0.2) is 0 Å². The molecular weight excluding hydrogens is 232 g/mol. The van der Waals surface area contributed by atoms with Gasteiger partial charge in [-0.15, -0.1) is 0 Å². The second-order valence-corrected chi connectivity index (χ2v) is 5.13. The molecule has 1 atom stereocenters. The van der Waals surface area contributed by atoms with Gasteiger partial charge in [-0.1, -0.05) is 42.5 Å². The predicted octanol–water partition coefficient (Wildman–Crippen LogP) is 3.40. The minimum absolute atomic E-state index is 0.307. The maximum absolute atomic E-state index is 3.65. The van der Waals surface area contributed by atoms with E-state index in [1.807, 2.05) is 0 Å². The zero-order valence-electron chi connectivity index (χ0n) is 10.7. The Morgan fingerprint density at radius 2 is 1.74 bits per heavy atom. The lowest BCUT2D eigenvalue weighted by Gasteiger charge is -2.26. The van der Waals surface area contributed by atoms with Crippen molar-refractivity contribution in [1.29, 1.82) is 0 Å². The van der Waals surface area contributed by atoms with Crippen molar-refractivity contribution in [2.75, 3.05) is 6.54 Å². The Labute approximate surface area is 112 Å². The number of benzene rings is 2. The maximum atomic E-state index is 3.65. The molecule has 1 aliphatic rings. The van der Waals surface area contributed by atoms with E-state index in [1.165, 1.54) is 27.6 Å². The van der Waals surface area contributed by atoms with E-state index in [0.717, 1.165) is 13.0 Å². The molecule has 0 bridgehead atoms.